The first-order valence-corrected chi connectivity index (χ1v) is 7.79. The average molecular weight is 293 g/mol. The molecule has 1 aromatic rings. The molecule has 0 amide bonds. The highest BCUT2D eigenvalue weighted by molar-refractivity contribution is 5.20. The molecule has 0 heterocycles. The highest BCUT2D eigenvalue weighted by Gasteiger charge is 2.33. The van der Waals surface area contributed by atoms with Crippen LogP contribution in [0.15, 0.2) is 30.3 Å². The first-order valence-electron chi connectivity index (χ1n) is 7.79. The van der Waals surface area contributed by atoms with Crippen LogP contribution in [0.1, 0.15) is 33.1 Å². The molecule has 2 unspecified atom stereocenters. The molecule has 2 rings (SSSR count). The molecule has 4 nitrogen and oxygen atoms in total. The number of benzene rings is 1. The molecule has 1 aliphatic carbocycles. The Morgan fingerprint density at radius 3 is 2.62 bits per heavy atom. The van der Waals surface area contributed by atoms with Crippen LogP contribution in [0.25, 0.3) is 0 Å². The monoisotopic (exact) mass is 293 g/mol. The molecule has 1 fully saturated rings. The van der Waals surface area contributed by atoms with E-state index >= 15 is 0 Å². The number of hydrogen-bond donors (Lipinski definition) is 2. The van der Waals surface area contributed by atoms with Crippen LogP contribution in [0.2, 0.25) is 0 Å². The fourth-order valence-corrected chi connectivity index (χ4v) is 2.51. The summed E-state index contributed by atoms with van der Waals surface area (Å²) in [6.07, 6.45) is 3.32. The second-order valence-corrected chi connectivity index (χ2v) is 6.18. The molecule has 2 atom stereocenters. The summed E-state index contributed by atoms with van der Waals surface area (Å²) in [6.45, 7) is 5.34. The third-order valence-electron chi connectivity index (χ3n) is 3.71. The third-order valence-corrected chi connectivity index (χ3v) is 3.71. The number of aliphatic hydroxyl groups excluding tert-OH is 1. The molecule has 4 heteroatoms. The quantitative estimate of drug-likeness (QED) is 0.650. The Labute approximate surface area is 127 Å². The molecule has 0 aliphatic heterocycles. The lowest BCUT2D eigenvalue weighted by Gasteiger charge is -2.31. The van der Waals surface area contributed by atoms with Crippen LogP contribution in [0.3, 0.4) is 0 Å². The van der Waals surface area contributed by atoms with Gasteiger partial charge in [-0.05, 0) is 45.2 Å². The lowest BCUT2D eigenvalue weighted by Crippen LogP contribution is -2.49. The summed E-state index contributed by atoms with van der Waals surface area (Å²) in [5.41, 5.74) is -0.249. The zero-order valence-electron chi connectivity index (χ0n) is 13.0. The molecule has 0 bridgehead atoms. The largest absolute Gasteiger partial charge is 0.491 e. The Bertz CT molecular complexity index is 408. The van der Waals surface area contributed by atoms with Crippen molar-refractivity contribution in [3.05, 3.63) is 30.3 Å². The summed E-state index contributed by atoms with van der Waals surface area (Å²) in [5, 5.41) is 13.1. The maximum absolute atomic E-state index is 9.59. The SMILES string of the molecule is CC(CC(C)(CO)NC1CC1)OCCOc1ccccc1. The van der Waals surface area contributed by atoms with Gasteiger partial charge >= 0.3 is 0 Å². The molecule has 0 spiro atoms. The summed E-state index contributed by atoms with van der Waals surface area (Å²) in [5.74, 6) is 0.865. The van der Waals surface area contributed by atoms with Gasteiger partial charge in [0.25, 0.3) is 0 Å². The minimum absolute atomic E-state index is 0.0905. The minimum Gasteiger partial charge on any atom is -0.491 e. The van der Waals surface area contributed by atoms with Gasteiger partial charge in [-0.15, -0.1) is 0 Å². The van der Waals surface area contributed by atoms with E-state index in [2.05, 4.69) is 12.2 Å². The van der Waals surface area contributed by atoms with Crippen LogP contribution >= 0.6 is 0 Å². The van der Waals surface area contributed by atoms with E-state index in [9.17, 15) is 5.11 Å². The van der Waals surface area contributed by atoms with Crippen molar-refractivity contribution >= 4 is 0 Å². The zero-order valence-corrected chi connectivity index (χ0v) is 13.0. The number of aliphatic hydroxyl groups is 1. The summed E-state index contributed by atoms with van der Waals surface area (Å²) < 4.78 is 11.4. The Morgan fingerprint density at radius 1 is 1.29 bits per heavy atom. The summed E-state index contributed by atoms with van der Waals surface area (Å²) in [6, 6.07) is 10.3. The van der Waals surface area contributed by atoms with Gasteiger partial charge in [-0.25, -0.2) is 0 Å². The highest BCUT2D eigenvalue weighted by Crippen LogP contribution is 2.25. The van der Waals surface area contributed by atoms with Gasteiger partial charge in [0.1, 0.15) is 12.4 Å². The van der Waals surface area contributed by atoms with E-state index in [-0.39, 0.29) is 18.2 Å². The topological polar surface area (TPSA) is 50.7 Å². The first-order chi connectivity index (χ1) is 10.1. The molecule has 21 heavy (non-hydrogen) atoms. The van der Waals surface area contributed by atoms with Crippen molar-refractivity contribution in [3.8, 4) is 5.75 Å². The van der Waals surface area contributed by atoms with E-state index < -0.39 is 0 Å². The first kappa shape index (κ1) is 16.3. The summed E-state index contributed by atoms with van der Waals surface area (Å²) >= 11 is 0. The minimum atomic E-state index is -0.249. The van der Waals surface area contributed by atoms with Crippen molar-refractivity contribution < 1.29 is 14.6 Å². The van der Waals surface area contributed by atoms with Crippen molar-refractivity contribution in [1.82, 2.24) is 5.32 Å². The number of hydrogen-bond acceptors (Lipinski definition) is 4. The van der Waals surface area contributed by atoms with Crippen LogP contribution in [-0.4, -0.2) is 42.6 Å². The molecule has 118 valence electrons. The average Bonchev–Trinajstić information content (AvgIpc) is 3.28. The molecular formula is C17H27NO3. The molecule has 0 aromatic heterocycles. The van der Waals surface area contributed by atoms with Gasteiger partial charge in [0.05, 0.1) is 19.3 Å². The number of nitrogens with one attached hydrogen (secondary N) is 1. The molecule has 0 saturated heterocycles. The number of rotatable bonds is 10. The lowest BCUT2D eigenvalue weighted by atomic mass is 9.95. The second kappa shape index (κ2) is 7.78. The van der Waals surface area contributed by atoms with Crippen molar-refractivity contribution in [2.75, 3.05) is 19.8 Å². The van der Waals surface area contributed by atoms with E-state index in [0.717, 1.165) is 12.2 Å². The van der Waals surface area contributed by atoms with Crippen LogP contribution in [0.4, 0.5) is 0 Å². The van der Waals surface area contributed by atoms with Crippen LogP contribution < -0.4 is 10.1 Å². The Morgan fingerprint density at radius 2 is 2.00 bits per heavy atom. The van der Waals surface area contributed by atoms with Gasteiger partial charge in [0.2, 0.25) is 0 Å². The Balaban J connectivity index is 1.63. The maximum Gasteiger partial charge on any atom is 0.119 e. The van der Waals surface area contributed by atoms with E-state index in [1.807, 2.05) is 37.3 Å². The van der Waals surface area contributed by atoms with Crippen molar-refractivity contribution in [3.63, 3.8) is 0 Å². The summed E-state index contributed by atoms with van der Waals surface area (Å²) in [4.78, 5) is 0. The Hall–Kier alpha value is -1.10. The third kappa shape index (κ3) is 6.04. The molecule has 1 aliphatic rings. The Kier molecular flexibility index (Phi) is 6.03. The molecule has 1 aromatic carbocycles. The van der Waals surface area contributed by atoms with Crippen LogP contribution in [0.5, 0.6) is 5.75 Å². The molecule has 1 saturated carbocycles. The van der Waals surface area contributed by atoms with Crippen molar-refractivity contribution in [1.29, 1.82) is 0 Å². The molecule has 2 N–H and O–H groups in total. The highest BCUT2D eigenvalue weighted by atomic mass is 16.5. The van der Waals surface area contributed by atoms with Crippen LogP contribution in [-0.2, 0) is 4.74 Å². The van der Waals surface area contributed by atoms with E-state index in [4.69, 9.17) is 9.47 Å². The lowest BCUT2D eigenvalue weighted by molar-refractivity contribution is 0.0141. The number of ether oxygens (including phenoxy) is 2. The normalized spacial score (nSPS) is 19.0. The van der Waals surface area contributed by atoms with E-state index in [0.29, 0.717) is 19.3 Å². The fourth-order valence-electron chi connectivity index (χ4n) is 2.51. The van der Waals surface area contributed by atoms with Gasteiger partial charge < -0.3 is 19.9 Å². The second-order valence-electron chi connectivity index (χ2n) is 6.18. The fraction of sp³-hybridized carbons (Fsp3) is 0.647. The van der Waals surface area contributed by atoms with Gasteiger partial charge in [-0.1, -0.05) is 18.2 Å². The zero-order chi connectivity index (χ0) is 15.1. The van der Waals surface area contributed by atoms with E-state index in [1.54, 1.807) is 0 Å². The van der Waals surface area contributed by atoms with E-state index in [1.165, 1.54) is 12.8 Å². The summed E-state index contributed by atoms with van der Waals surface area (Å²) in [7, 11) is 0. The smallest absolute Gasteiger partial charge is 0.119 e. The standard InChI is InChI=1S/C17H27NO3/c1-14(12-17(2,13-19)18-15-8-9-15)20-10-11-21-16-6-4-3-5-7-16/h3-7,14-15,18-19H,8-13H2,1-2H3. The van der Waals surface area contributed by atoms with Crippen LogP contribution in [0, 0.1) is 0 Å². The maximum atomic E-state index is 9.59. The molecular weight excluding hydrogens is 266 g/mol. The predicted molar refractivity (Wildman–Crippen MR) is 83.6 cm³/mol. The number of para-hydroxylation sites is 1. The van der Waals surface area contributed by atoms with Crippen molar-refractivity contribution in [2.24, 2.45) is 0 Å². The van der Waals surface area contributed by atoms with Gasteiger partial charge in [-0.2, -0.15) is 0 Å². The van der Waals surface area contributed by atoms with Crippen molar-refractivity contribution in [2.45, 2.75) is 50.8 Å². The van der Waals surface area contributed by atoms with Gasteiger partial charge in [-0.3, -0.25) is 0 Å². The molecule has 0 radical (unpaired) electrons. The van der Waals surface area contributed by atoms with Gasteiger partial charge in [0, 0.05) is 11.6 Å². The predicted octanol–water partition coefficient (Wildman–Crippen LogP) is 2.36. The van der Waals surface area contributed by atoms with Gasteiger partial charge in [0.15, 0.2) is 0 Å².